The molecule has 0 spiro atoms. The SMILES string of the molecule is CC(C)(C)CC(N)Cc1ccc(Cl)cc1. The van der Waals surface area contributed by atoms with E-state index in [1.807, 2.05) is 24.3 Å². The molecule has 1 rings (SSSR count). The molecule has 0 aliphatic heterocycles. The van der Waals surface area contributed by atoms with Gasteiger partial charge in [0.15, 0.2) is 0 Å². The summed E-state index contributed by atoms with van der Waals surface area (Å²) in [6.07, 6.45) is 1.96. The lowest BCUT2D eigenvalue weighted by Crippen LogP contribution is -2.28. The highest BCUT2D eigenvalue weighted by Gasteiger charge is 2.15. The van der Waals surface area contributed by atoms with E-state index in [4.69, 9.17) is 17.3 Å². The molecule has 0 aliphatic carbocycles. The third kappa shape index (κ3) is 5.19. The monoisotopic (exact) mass is 225 g/mol. The van der Waals surface area contributed by atoms with Crippen molar-refractivity contribution in [3.8, 4) is 0 Å². The Hall–Kier alpha value is -0.530. The Morgan fingerprint density at radius 2 is 1.73 bits per heavy atom. The lowest BCUT2D eigenvalue weighted by molar-refractivity contribution is 0.338. The first-order valence-corrected chi connectivity index (χ1v) is 5.75. The third-order valence-electron chi connectivity index (χ3n) is 2.29. The average Bonchev–Trinajstić information content (AvgIpc) is 2.05. The van der Waals surface area contributed by atoms with Gasteiger partial charge in [0.25, 0.3) is 0 Å². The third-order valence-corrected chi connectivity index (χ3v) is 2.54. The summed E-state index contributed by atoms with van der Waals surface area (Å²) < 4.78 is 0. The molecule has 0 bridgehead atoms. The minimum atomic E-state index is 0.228. The lowest BCUT2D eigenvalue weighted by Gasteiger charge is -2.23. The molecule has 0 fully saturated rings. The summed E-state index contributed by atoms with van der Waals surface area (Å²) in [5, 5.41) is 0.781. The van der Waals surface area contributed by atoms with Crippen molar-refractivity contribution in [2.24, 2.45) is 11.1 Å². The van der Waals surface area contributed by atoms with Gasteiger partial charge in [-0.25, -0.2) is 0 Å². The highest BCUT2D eigenvalue weighted by molar-refractivity contribution is 6.30. The van der Waals surface area contributed by atoms with Crippen molar-refractivity contribution < 1.29 is 0 Å². The van der Waals surface area contributed by atoms with Crippen LogP contribution in [0.2, 0.25) is 5.02 Å². The van der Waals surface area contributed by atoms with Crippen molar-refractivity contribution >= 4 is 11.6 Å². The number of benzene rings is 1. The summed E-state index contributed by atoms with van der Waals surface area (Å²) in [7, 11) is 0. The number of hydrogen-bond acceptors (Lipinski definition) is 1. The Morgan fingerprint density at radius 3 is 2.20 bits per heavy atom. The molecule has 1 atom stereocenters. The van der Waals surface area contributed by atoms with E-state index in [0.717, 1.165) is 17.9 Å². The van der Waals surface area contributed by atoms with Gasteiger partial charge >= 0.3 is 0 Å². The number of hydrogen-bond donors (Lipinski definition) is 1. The number of halogens is 1. The summed E-state index contributed by atoms with van der Waals surface area (Å²) >= 11 is 5.82. The fraction of sp³-hybridized carbons (Fsp3) is 0.538. The molecule has 0 aromatic heterocycles. The van der Waals surface area contributed by atoms with E-state index in [9.17, 15) is 0 Å². The van der Waals surface area contributed by atoms with Crippen molar-refractivity contribution in [2.75, 3.05) is 0 Å². The zero-order chi connectivity index (χ0) is 11.5. The predicted molar refractivity (Wildman–Crippen MR) is 67.2 cm³/mol. The Morgan fingerprint density at radius 1 is 1.20 bits per heavy atom. The molecule has 2 N–H and O–H groups in total. The van der Waals surface area contributed by atoms with Crippen LogP contribution in [0, 0.1) is 5.41 Å². The molecule has 2 heteroatoms. The Labute approximate surface area is 97.6 Å². The molecular weight excluding hydrogens is 206 g/mol. The maximum atomic E-state index is 6.10. The highest BCUT2D eigenvalue weighted by Crippen LogP contribution is 2.21. The second-order valence-electron chi connectivity index (χ2n) is 5.36. The summed E-state index contributed by atoms with van der Waals surface area (Å²) in [6.45, 7) is 6.65. The maximum Gasteiger partial charge on any atom is 0.0406 e. The molecule has 0 saturated heterocycles. The van der Waals surface area contributed by atoms with Crippen molar-refractivity contribution in [3.05, 3.63) is 34.9 Å². The van der Waals surface area contributed by atoms with Gasteiger partial charge < -0.3 is 5.73 Å². The van der Waals surface area contributed by atoms with Crippen LogP contribution in [0.5, 0.6) is 0 Å². The van der Waals surface area contributed by atoms with E-state index in [1.165, 1.54) is 5.56 Å². The molecule has 0 heterocycles. The zero-order valence-corrected chi connectivity index (χ0v) is 10.5. The van der Waals surface area contributed by atoms with Gasteiger partial charge in [-0.2, -0.15) is 0 Å². The van der Waals surface area contributed by atoms with Gasteiger partial charge in [-0.1, -0.05) is 44.5 Å². The van der Waals surface area contributed by atoms with Crippen LogP contribution in [-0.2, 0) is 6.42 Å². The molecule has 15 heavy (non-hydrogen) atoms. The van der Waals surface area contributed by atoms with Crippen molar-refractivity contribution in [3.63, 3.8) is 0 Å². The summed E-state index contributed by atoms with van der Waals surface area (Å²) in [4.78, 5) is 0. The molecule has 1 aromatic rings. The Balaban J connectivity index is 2.51. The van der Waals surface area contributed by atoms with Gasteiger partial charge in [-0.15, -0.1) is 0 Å². The van der Waals surface area contributed by atoms with Crippen molar-refractivity contribution in [1.82, 2.24) is 0 Å². The second-order valence-corrected chi connectivity index (χ2v) is 5.79. The molecule has 1 unspecified atom stereocenters. The van der Waals surface area contributed by atoms with Crippen LogP contribution in [0.15, 0.2) is 24.3 Å². The molecular formula is C13H20ClN. The lowest BCUT2D eigenvalue weighted by atomic mass is 9.86. The van der Waals surface area contributed by atoms with Gasteiger partial charge in [0, 0.05) is 11.1 Å². The molecule has 1 aromatic carbocycles. The number of nitrogens with two attached hydrogens (primary N) is 1. The molecule has 0 amide bonds. The van der Waals surface area contributed by atoms with Crippen LogP contribution in [-0.4, -0.2) is 6.04 Å². The van der Waals surface area contributed by atoms with E-state index >= 15 is 0 Å². The van der Waals surface area contributed by atoms with Gasteiger partial charge in [0.2, 0.25) is 0 Å². The smallest absolute Gasteiger partial charge is 0.0406 e. The van der Waals surface area contributed by atoms with Crippen LogP contribution < -0.4 is 5.73 Å². The Bertz CT molecular complexity index is 297. The molecule has 0 saturated carbocycles. The molecule has 0 radical (unpaired) electrons. The normalized spacial score (nSPS) is 13.9. The highest BCUT2D eigenvalue weighted by atomic mass is 35.5. The van der Waals surface area contributed by atoms with Crippen LogP contribution in [0.4, 0.5) is 0 Å². The van der Waals surface area contributed by atoms with Crippen LogP contribution in [0.3, 0.4) is 0 Å². The molecule has 1 nitrogen and oxygen atoms in total. The standard InChI is InChI=1S/C13H20ClN/c1-13(2,3)9-12(15)8-10-4-6-11(14)7-5-10/h4-7,12H,8-9,15H2,1-3H3. The van der Waals surface area contributed by atoms with E-state index < -0.39 is 0 Å². The number of rotatable bonds is 3. The van der Waals surface area contributed by atoms with Gasteiger partial charge in [-0.3, -0.25) is 0 Å². The van der Waals surface area contributed by atoms with Crippen LogP contribution in [0.25, 0.3) is 0 Å². The predicted octanol–water partition coefficient (Wildman–Crippen LogP) is 3.65. The quantitative estimate of drug-likeness (QED) is 0.835. The van der Waals surface area contributed by atoms with Crippen LogP contribution in [0.1, 0.15) is 32.8 Å². The minimum absolute atomic E-state index is 0.228. The van der Waals surface area contributed by atoms with Crippen LogP contribution >= 0.6 is 11.6 Å². The largest absolute Gasteiger partial charge is 0.327 e. The van der Waals surface area contributed by atoms with E-state index in [1.54, 1.807) is 0 Å². The van der Waals surface area contributed by atoms with E-state index in [2.05, 4.69) is 20.8 Å². The average molecular weight is 226 g/mol. The topological polar surface area (TPSA) is 26.0 Å². The van der Waals surface area contributed by atoms with Gasteiger partial charge in [-0.05, 0) is 36.0 Å². The first-order valence-electron chi connectivity index (χ1n) is 5.37. The van der Waals surface area contributed by atoms with Gasteiger partial charge in [0.1, 0.15) is 0 Å². The second kappa shape index (κ2) is 5.00. The van der Waals surface area contributed by atoms with E-state index in [-0.39, 0.29) is 6.04 Å². The van der Waals surface area contributed by atoms with Crippen molar-refractivity contribution in [2.45, 2.75) is 39.7 Å². The van der Waals surface area contributed by atoms with E-state index in [0.29, 0.717) is 5.41 Å². The minimum Gasteiger partial charge on any atom is -0.327 e. The summed E-state index contributed by atoms with van der Waals surface area (Å²) in [5.74, 6) is 0. The fourth-order valence-corrected chi connectivity index (χ4v) is 1.91. The summed E-state index contributed by atoms with van der Waals surface area (Å²) in [5.41, 5.74) is 7.65. The first-order chi connectivity index (χ1) is 6.87. The zero-order valence-electron chi connectivity index (χ0n) is 9.76. The fourth-order valence-electron chi connectivity index (χ4n) is 1.78. The molecule has 84 valence electrons. The molecule has 0 aliphatic rings. The van der Waals surface area contributed by atoms with Crippen molar-refractivity contribution in [1.29, 1.82) is 0 Å². The first kappa shape index (κ1) is 12.5. The maximum absolute atomic E-state index is 6.10. The van der Waals surface area contributed by atoms with Gasteiger partial charge in [0.05, 0.1) is 0 Å². The Kier molecular flexibility index (Phi) is 4.18. The summed E-state index contributed by atoms with van der Waals surface area (Å²) in [6, 6.07) is 8.16.